The van der Waals surface area contributed by atoms with Crippen LogP contribution in [0.25, 0.3) is 10.8 Å². The lowest BCUT2D eigenvalue weighted by atomic mass is 10.1. The van der Waals surface area contributed by atoms with Gasteiger partial charge in [0.1, 0.15) is 5.15 Å². The number of nitrogens with zero attached hydrogens (tertiary/aromatic N) is 1. The van der Waals surface area contributed by atoms with E-state index in [0.717, 1.165) is 12.1 Å². The van der Waals surface area contributed by atoms with Crippen molar-refractivity contribution >= 4 is 22.4 Å². The monoisotopic (exact) mass is 245 g/mol. The molecule has 0 fully saturated rings. The van der Waals surface area contributed by atoms with Crippen LogP contribution in [0.2, 0.25) is 5.15 Å². The van der Waals surface area contributed by atoms with Crippen molar-refractivity contribution in [3.8, 4) is 0 Å². The van der Waals surface area contributed by atoms with E-state index in [9.17, 15) is 13.2 Å². The standard InChI is InChI=1S/C11H7ClF3N/c1-6-4-7-5-8(11(13,14)15)2-3-9(7)10(12)16-6/h2-5H,1H3. The molecule has 5 heteroatoms. The quantitative estimate of drug-likeness (QED) is 0.634. The number of aromatic nitrogens is 1. The summed E-state index contributed by atoms with van der Waals surface area (Å²) in [7, 11) is 0. The maximum absolute atomic E-state index is 12.5. The molecule has 0 N–H and O–H groups in total. The molecule has 0 saturated heterocycles. The number of halogens is 4. The third kappa shape index (κ3) is 1.97. The first kappa shape index (κ1) is 11.2. The minimum absolute atomic E-state index is 0.226. The second kappa shape index (κ2) is 3.63. The minimum Gasteiger partial charge on any atom is -0.241 e. The molecular weight excluding hydrogens is 239 g/mol. The van der Waals surface area contributed by atoms with Crippen molar-refractivity contribution in [2.24, 2.45) is 0 Å². The van der Waals surface area contributed by atoms with Gasteiger partial charge >= 0.3 is 6.18 Å². The molecule has 2 aromatic rings. The highest BCUT2D eigenvalue weighted by Crippen LogP contribution is 2.32. The Labute approximate surface area is 94.9 Å². The van der Waals surface area contributed by atoms with E-state index in [1.165, 1.54) is 6.07 Å². The summed E-state index contributed by atoms with van der Waals surface area (Å²) in [6.07, 6.45) is -4.34. The lowest BCUT2D eigenvalue weighted by molar-refractivity contribution is -0.137. The Morgan fingerprint density at radius 3 is 2.50 bits per heavy atom. The lowest BCUT2D eigenvalue weighted by Crippen LogP contribution is -2.04. The Kier molecular flexibility index (Phi) is 2.54. The summed E-state index contributed by atoms with van der Waals surface area (Å²) in [5.41, 5.74) is -0.0847. The van der Waals surface area contributed by atoms with Crippen LogP contribution in [0.15, 0.2) is 24.3 Å². The second-order valence-corrected chi connectivity index (χ2v) is 3.85. The Bertz CT molecular complexity index is 549. The predicted molar refractivity (Wildman–Crippen MR) is 56.5 cm³/mol. The Morgan fingerprint density at radius 1 is 1.19 bits per heavy atom. The highest BCUT2D eigenvalue weighted by Gasteiger charge is 2.30. The molecule has 0 bridgehead atoms. The van der Waals surface area contributed by atoms with E-state index in [1.807, 2.05) is 0 Å². The van der Waals surface area contributed by atoms with Gasteiger partial charge in [0.05, 0.1) is 5.56 Å². The van der Waals surface area contributed by atoms with Crippen molar-refractivity contribution in [1.29, 1.82) is 0 Å². The highest BCUT2D eigenvalue weighted by atomic mass is 35.5. The highest BCUT2D eigenvalue weighted by molar-refractivity contribution is 6.34. The van der Waals surface area contributed by atoms with Gasteiger partial charge in [-0.3, -0.25) is 0 Å². The van der Waals surface area contributed by atoms with Crippen molar-refractivity contribution in [3.63, 3.8) is 0 Å². The van der Waals surface area contributed by atoms with Crippen LogP contribution in [0, 0.1) is 6.92 Å². The molecule has 1 aromatic heterocycles. The van der Waals surface area contributed by atoms with Gasteiger partial charge in [-0.05, 0) is 30.5 Å². The number of pyridine rings is 1. The van der Waals surface area contributed by atoms with Gasteiger partial charge in [-0.2, -0.15) is 13.2 Å². The third-order valence-electron chi connectivity index (χ3n) is 2.24. The minimum atomic E-state index is -4.34. The molecule has 1 aromatic carbocycles. The fourth-order valence-electron chi connectivity index (χ4n) is 1.52. The van der Waals surface area contributed by atoms with Gasteiger partial charge in [-0.15, -0.1) is 0 Å². The van der Waals surface area contributed by atoms with E-state index in [1.54, 1.807) is 13.0 Å². The van der Waals surface area contributed by atoms with Gasteiger partial charge in [0.25, 0.3) is 0 Å². The Balaban J connectivity index is 2.71. The van der Waals surface area contributed by atoms with Gasteiger partial charge in [0.15, 0.2) is 0 Å². The van der Waals surface area contributed by atoms with Gasteiger partial charge < -0.3 is 0 Å². The summed E-state index contributed by atoms with van der Waals surface area (Å²) in [4.78, 5) is 3.98. The van der Waals surface area contributed by atoms with E-state index in [-0.39, 0.29) is 5.15 Å². The van der Waals surface area contributed by atoms with Crippen LogP contribution in [0.1, 0.15) is 11.3 Å². The normalized spacial score (nSPS) is 12.1. The number of benzene rings is 1. The first-order chi connectivity index (χ1) is 7.38. The molecule has 0 aliphatic heterocycles. The number of hydrogen-bond donors (Lipinski definition) is 0. The predicted octanol–water partition coefficient (Wildman–Crippen LogP) is 4.22. The van der Waals surface area contributed by atoms with Crippen LogP contribution in [0.3, 0.4) is 0 Å². The SMILES string of the molecule is Cc1cc2cc(C(F)(F)F)ccc2c(Cl)n1. The average molecular weight is 246 g/mol. The molecule has 0 radical (unpaired) electrons. The number of fused-ring (bicyclic) bond motifs is 1. The molecule has 2 rings (SSSR count). The zero-order valence-corrected chi connectivity index (χ0v) is 9.02. The van der Waals surface area contributed by atoms with E-state index in [2.05, 4.69) is 4.98 Å². The summed E-state index contributed by atoms with van der Waals surface area (Å²) in [5, 5.41) is 1.20. The molecule has 0 unspecified atom stereocenters. The van der Waals surface area contributed by atoms with Crippen LogP contribution in [0.5, 0.6) is 0 Å². The molecule has 0 amide bonds. The van der Waals surface area contributed by atoms with Crippen LogP contribution < -0.4 is 0 Å². The third-order valence-corrected chi connectivity index (χ3v) is 2.53. The van der Waals surface area contributed by atoms with E-state index in [4.69, 9.17) is 11.6 Å². The van der Waals surface area contributed by atoms with E-state index in [0.29, 0.717) is 16.5 Å². The van der Waals surface area contributed by atoms with Gasteiger partial charge in [0.2, 0.25) is 0 Å². The van der Waals surface area contributed by atoms with Crippen LogP contribution in [-0.4, -0.2) is 4.98 Å². The molecule has 84 valence electrons. The van der Waals surface area contributed by atoms with Crippen molar-refractivity contribution in [3.05, 3.63) is 40.7 Å². The first-order valence-corrected chi connectivity index (χ1v) is 4.90. The molecule has 0 aliphatic carbocycles. The topological polar surface area (TPSA) is 12.9 Å². The second-order valence-electron chi connectivity index (χ2n) is 3.49. The zero-order chi connectivity index (χ0) is 11.9. The van der Waals surface area contributed by atoms with Crippen molar-refractivity contribution in [1.82, 2.24) is 4.98 Å². The fraction of sp³-hybridized carbons (Fsp3) is 0.182. The lowest BCUT2D eigenvalue weighted by Gasteiger charge is -2.08. The van der Waals surface area contributed by atoms with Crippen LogP contribution in [-0.2, 0) is 6.18 Å². The van der Waals surface area contributed by atoms with Gasteiger partial charge in [-0.1, -0.05) is 17.7 Å². The maximum atomic E-state index is 12.5. The number of rotatable bonds is 0. The van der Waals surface area contributed by atoms with Crippen molar-refractivity contribution in [2.45, 2.75) is 13.1 Å². The smallest absolute Gasteiger partial charge is 0.241 e. The molecule has 0 spiro atoms. The molecular formula is C11H7ClF3N. The summed E-state index contributed by atoms with van der Waals surface area (Å²) in [5.74, 6) is 0. The van der Waals surface area contributed by atoms with Gasteiger partial charge in [-0.25, -0.2) is 4.98 Å². The number of alkyl halides is 3. The zero-order valence-electron chi connectivity index (χ0n) is 8.27. The molecule has 0 atom stereocenters. The molecule has 0 aliphatic rings. The molecule has 16 heavy (non-hydrogen) atoms. The average Bonchev–Trinajstić information content (AvgIpc) is 2.15. The van der Waals surface area contributed by atoms with Crippen LogP contribution in [0.4, 0.5) is 13.2 Å². The summed E-state index contributed by atoms with van der Waals surface area (Å²) in [6, 6.07) is 5.00. The summed E-state index contributed by atoms with van der Waals surface area (Å²) >= 11 is 5.84. The Morgan fingerprint density at radius 2 is 1.88 bits per heavy atom. The molecule has 1 heterocycles. The molecule has 1 nitrogen and oxygen atoms in total. The van der Waals surface area contributed by atoms with Gasteiger partial charge in [0, 0.05) is 11.1 Å². The van der Waals surface area contributed by atoms with Crippen LogP contribution >= 0.6 is 11.6 Å². The number of hydrogen-bond acceptors (Lipinski definition) is 1. The van der Waals surface area contributed by atoms with Crippen molar-refractivity contribution in [2.75, 3.05) is 0 Å². The summed E-state index contributed by atoms with van der Waals surface area (Å²) < 4.78 is 37.4. The van der Waals surface area contributed by atoms with E-state index >= 15 is 0 Å². The Hall–Kier alpha value is -1.29. The maximum Gasteiger partial charge on any atom is 0.416 e. The summed E-state index contributed by atoms with van der Waals surface area (Å²) in [6.45, 7) is 1.69. The largest absolute Gasteiger partial charge is 0.416 e. The van der Waals surface area contributed by atoms with Crippen molar-refractivity contribution < 1.29 is 13.2 Å². The number of aryl methyl sites for hydroxylation is 1. The first-order valence-electron chi connectivity index (χ1n) is 4.52. The van der Waals surface area contributed by atoms with E-state index < -0.39 is 11.7 Å². The fourth-order valence-corrected chi connectivity index (χ4v) is 1.82. The molecule has 0 saturated carbocycles.